The largest absolute Gasteiger partial charge is 0.247 e. The molecule has 0 aromatic carbocycles. The van der Waals surface area contributed by atoms with Crippen molar-refractivity contribution >= 4 is 0 Å². The van der Waals surface area contributed by atoms with Gasteiger partial charge in [0.25, 0.3) is 0 Å². The van der Waals surface area contributed by atoms with Crippen LogP contribution in [0, 0.1) is 11.8 Å². The Balaban J connectivity index is 2.26. The normalized spacial score (nSPS) is 21.2. The number of hydrogen-bond acceptors (Lipinski definition) is 2. The van der Waals surface area contributed by atoms with Crippen molar-refractivity contribution in [3.05, 3.63) is 11.4 Å². The fourth-order valence-corrected chi connectivity index (χ4v) is 2.63. The van der Waals surface area contributed by atoms with Crippen molar-refractivity contribution in [2.75, 3.05) is 0 Å². The number of fused-ring (bicyclic) bond motifs is 1. The molecule has 3 heteroatoms. The van der Waals surface area contributed by atoms with E-state index in [9.17, 15) is 0 Å². The standard InChI is InChI=1S/C13H23N3/c1-9(2)11-6-5-7-13-12(8-11)14-15-16(13)10(3)4/h9-11H,5-8H2,1-4H3. The number of rotatable bonds is 2. The lowest BCUT2D eigenvalue weighted by Gasteiger charge is -2.17. The smallest absolute Gasteiger partial charge is 0.0862 e. The fraction of sp³-hybridized carbons (Fsp3) is 0.846. The maximum atomic E-state index is 4.38. The van der Waals surface area contributed by atoms with E-state index in [-0.39, 0.29) is 0 Å². The van der Waals surface area contributed by atoms with Crippen LogP contribution in [-0.2, 0) is 12.8 Å². The third-order valence-electron chi connectivity index (χ3n) is 3.75. The van der Waals surface area contributed by atoms with Crippen LogP contribution in [0.5, 0.6) is 0 Å². The lowest BCUT2D eigenvalue weighted by molar-refractivity contribution is 0.353. The molecule has 0 saturated heterocycles. The van der Waals surface area contributed by atoms with Crippen LogP contribution in [0.25, 0.3) is 0 Å². The van der Waals surface area contributed by atoms with Gasteiger partial charge in [0.1, 0.15) is 0 Å². The van der Waals surface area contributed by atoms with Gasteiger partial charge in [-0.05, 0) is 51.4 Å². The van der Waals surface area contributed by atoms with E-state index in [4.69, 9.17) is 0 Å². The van der Waals surface area contributed by atoms with Crippen LogP contribution in [0.3, 0.4) is 0 Å². The molecular weight excluding hydrogens is 198 g/mol. The zero-order valence-corrected chi connectivity index (χ0v) is 10.9. The molecule has 0 bridgehead atoms. The summed E-state index contributed by atoms with van der Waals surface area (Å²) in [4.78, 5) is 0. The van der Waals surface area contributed by atoms with E-state index in [2.05, 4.69) is 42.7 Å². The average molecular weight is 221 g/mol. The van der Waals surface area contributed by atoms with Crippen LogP contribution in [0.4, 0.5) is 0 Å². The zero-order chi connectivity index (χ0) is 11.7. The van der Waals surface area contributed by atoms with Crippen molar-refractivity contribution in [2.24, 2.45) is 11.8 Å². The number of nitrogens with zero attached hydrogens (tertiary/aromatic N) is 3. The molecular formula is C13H23N3. The zero-order valence-electron chi connectivity index (χ0n) is 10.9. The SMILES string of the molecule is CC(C)C1CCCc2c(nnn2C(C)C)C1. The minimum Gasteiger partial charge on any atom is -0.247 e. The van der Waals surface area contributed by atoms with Gasteiger partial charge in [-0.25, -0.2) is 4.68 Å². The first kappa shape index (κ1) is 11.6. The molecule has 0 saturated carbocycles. The Hall–Kier alpha value is -0.860. The van der Waals surface area contributed by atoms with E-state index in [1.54, 1.807) is 0 Å². The van der Waals surface area contributed by atoms with Crippen molar-refractivity contribution in [3.63, 3.8) is 0 Å². The van der Waals surface area contributed by atoms with Gasteiger partial charge in [0, 0.05) is 6.04 Å². The van der Waals surface area contributed by atoms with Crippen LogP contribution in [0.1, 0.15) is 58.0 Å². The van der Waals surface area contributed by atoms with E-state index < -0.39 is 0 Å². The van der Waals surface area contributed by atoms with Crippen LogP contribution >= 0.6 is 0 Å². The van der Waals surface area contributed by atoms with Gasteiger partial charge < -0.3 is 0 Å². The van der Waals surface area contributed by atoms with E-state index in [1.165, 1.54) is 24.2 Å². The minimum absolute atomic E-state index is 0.437. The van der Waals surface area contributed by atoms with Crippen molar-refractivity contribution < 1.29 is 0 Å². The summed E-state index contributed by atoms with van der Waals surface area (Å²) in [5.41, 5.74) is 2.64. The summed E-state index contributed by atoms with van der Waals surface area (Å²) < 4.78 is 2.11. The third-order valence-corrected chi connectivity index (χ3v) is 3.75. The van der Waals surface area contributed by atoms with Gasteiger partial charge >= 0.3 is 0 Å². The summed E-state index contributed by atoms with van der Waals surface area (Å²) in [6.45, 7) is 9.00. The second-order valence-electron chi connectivity index (χ2n) is 5.62. The summed E-state index contributed by atoms with van der Waals surface area (Å²) in [5.74, 6) is 1.55. The number of hydrogen-bond donors (Lipinski definition) is 0. The second kappa shape index (κ2) is 4.56. The molecule has 1 atom stereocenters. The Morgan fingerprint density at radius 1 is 1.25 bits per heavy atom. The molecule has 2 rings (SSSR count). The minimum atomic E-state index is 0.437. The van der Waals surface area contributed by atoms with Gasteiger partial charge in [-0.1, -0.05) is 19.1 Å². The first-order valence-electron chi connectivity index (χ1n) is 6.52. The molecule has 1 aromatic rings. The van der Waals surface area contributed by atoms with Gasteiger partial charge in [0.15, 0.2) is 0 Å². The van der Waals surface area contributed by atoms with Gasteiger partial charge in [-0.15, -0.1) is 5.10 Å². The Morgan fingerprint density at radius 3 is 2.62 bits per heavy atom. The number of aromatic nitrogens is 3. The summed E-state index contributed by atoms with van der Waals surface area (Å²) in [7, 11) is 0. The molecule has 0 aliphatic heterocycles. The molecule has 0 radical (unpaired) electrons. The fourth-order valence-electron chi connectivity index (χ4n) is 2.63. The molecule has 0 amide bonds. The highest BCUT2D eigenvalue weighted by Gasteiger charge is 2.24. The predicted molar refractivity (Wildman–Crippen MR) is 65.4 cm³/mol. The molecule has 1 aliphatic carbocycles. The highest BCUT2D eigenvalue weighted by molar-refractivity contribution is 5.14. The van der Waals surface area contributed by atoms with Crippen molar-refractivity contribution in [3.8, 4) is 0 Å². The molecule has 0 spiro atoms. The Kier molecular flexibility index (Phi) is 3.31. The van der Waals surface area contributed by atoms with Crippen LogP contribution in [-0.4, -0.2) is 15.0 Å². The monoisotopic (exact) mass is 221 g/mol. The highest BCUT2D eigenvalue weighted by Crippen LogP contribution is 2.28. The highest BCUT2D eigenvalue weighted by atomic mass is 15.4. The van der Waals surface area contributed by atoms with E-state index in [0.717, 1.165) is 24.7 Å². The Morgan fingerprint density at radius 2 is 2.00 bits per heavy atom. The van der Waals surface area contributed by atoms with Crippen LogP contribution < -0.4 is 0 Å². The first-order valence-corrected chi connectivity index (χ1v) is 6.52. The molecule has 0 fully saturated rings. The summed E-state index contributed by atoms with van der Waals surface area (Å²) in [5, 5.41) is 8.68. The maximum Gasteiger partial charge on any atom is 0.0862 e. The first-order chi connectivity index (χ1) is 7.59. The predicted octanol–water partition coefficient (Wildman–Crippen LogP) is 3.01. The van der Waals surface area contributed by atoms with Crippen LogP contribution in [0.2, 0.25) is 0 Å². The summed E-state index contributed by atoms with van der Waals surface area (Å²) >= 11 is 0. The molecule has 1 unspecified atom stereocenters. The topological polar surface area (TPSA) is 30.7 Å². The molecule has 0 N–H and O–H groups in total. The Labute approximate surface area is 98.2 Å². The molecule has 90 valence electrons. The molecule has 1 heterocycles. The van der Waals surface area contributed by atoms with Crippen molar-refractivity contribution in [2.45, 2.75) is 59.4 Å². The van der Waals surface area contributed by atoms with Gasteiger partial charge in [-0.2, -0.15) is 0 Å². The molecule has 16 heavy (non-hydrogen) atoms. The average Bonchev–Trinajstić information content (AvgIpc) is 2.48. The van der Waals surface area contributed by atoms with E-state index in [1.807, 2.05) is 0 Å². The Bertz CT molecular complexity index is 352. The van der Waals surface area contributed by atoms with Crippen molar-refractivity contribution in [1.82, 2.24) is 15.0 Å². The molecule has 1 aliphatic rings. The van der Waals surface area contributed by atoms with E-state index >= 15 is 0 Å². The quantitative estimate of drug-likeness (QED) is 0.719. The second-order valence-corrected chi connectivity index (χ2v) is 5.62. The third kappa shape index (κ3) is 2.13. The summed E-state index contributed by atoms with van der Waals surface area (Å²) in [6, 6.07) is 0.437. The maximum absolute atomic E-state index is 4.38. The molecule has 1 aromatic heterocycles. The van der Waals surface area contributed by atoms with Crippen LogP contribution in [0.15, 0.2) is 0 Å². The van der Waals surface area contributed by atoms with Gasteiger partial charge in [-0.3, -0.25) is 0 Å². The van der Waals surface area contributed by atoms with E-state index in [0.29, 0.717) is 6.04 Å². The van der Waals surface area contributed by atoms with Gasteiger partial charge in [0.2, 0.25) is 0 Å². The lowest BCUT2D eigenvalue weighted by Crippen LogP contribution is -2.11. The summed E-state index contributed by atoms with van der Waals surface area (Å²) in [6.07, 6.45) is 4.91. The van der Waals surface area contributed by atoms with Crippen molar-refractivity contribution in [1.29, 1.82) is 0 Å². The van der Waals surface area contributed by atoms with Gasteiger partial charge in [0.05, 0.1) is 11.4 Å². The lowest BCUT2D eigenvalue weighted by atomic mass is 9.89. The molecule has 3 nitrogen and oxygen atoms in total.